The number of halogens is 2. The summed E-state index contributed by atoms with van der Waals surface area (Å²) in [6.45, 7) is 11.8. The van der Waals surface area contributed by atoms with E-state index in [4.69, 9.17) is 11.6 Å². The van der Waals surface area contributed by atoms with E-state index < -0.39 is 0 Å². The van der Waals surface area contributed by atoms with Crippen molar-refractivity contribution in [3.63, 3.8) is 0 Å². The molecule has 1 aromatic heterocycles. The van der Waals surface area contributed by atoms with Gasteiger partial charge in [0.1, 0.15) is 0 Å². The lowest BCUT2D eigenvalue weighted by Crippen LogP contribution is -2.29. The van der Waals surface area contributed by atoms with Crippen LogP contribution in [-0.2, 0) is 13.0 Å². The predicted octanol–water partition coefficient (Wildman–Crippen LogP) is 4.46. The fourth-order valence-electron chi connectivity index (χ4n) is 1.83. The summed E-state index contributed by atoms with van der Waals surface area (Å²) in [6, 6.07) is 0. The molecular weight excluding hydrogens is 300 g/mol. The highest BCUT2D eigenvalue weighted by Gasteiger charge is 2.30. The zero-order chi connectivity index (χ0) is 13.2. The van der Waals surface area contributed by atoms with Crippen LogP contribution in [0.5, 0.6) is 0 Å². The Balaban J connectivity index is 3.09. The Bertz CT molecular complexity index is 387. The first-order valence-corrected chi connectivity index (χ1v) is 7.63. The lowest BCUT2D eigenvalue weighted by atomic mass is 9.77. The van der Waals surface area contributed by atoms with Crippen LogP contribution in [0, 0.1) is 18.3 Å². The van der Waals surface area contributed by atoms with Crippen molar-refractivity contribution >= 4 is 27.5 Å². The molecule has 0 bridgehead atoms. The van der Waals surface area contributed by atoms with Gasteiger partial charge in [-0.15, -0.1) is 0 Å². The first kappa shape index (κ1) is 15.0. The Morgan fingerprint density at radius 3 is 2.47 bits per heavy atom. The van der Waals surface area contributed by atoms with E-state index >= 15 is 0 Å². The average molecular weight is 322 g/mol. The van der Waals surface area contributed by atoms with Gasteiger partial charge in [0.2, 0.25) is 0 Å². The van der Waals surface area contributed by atoms with Crippen LogP contribution in [0.4, 0.5) is 0 Å². The molecule has 1 rings (SSSR count). The van der Waals surface area contributed by atoms with Gasteiger partial charge < -0.3 is 0 Å². The average Bonchev–Trinajstić information content (AvgIpc) is 2.56. The monoisotopic (exact) mass is 320 g/mol. The van der Waals surface area contributed by atoms with Crippen LogP contribution in [0.15, 0.2) is 0 Å². The van der Waals surface area contributed by atoms with Crippen LogP contribution < -0.4 is 0 Å². The van der Waals surface area contributed by atoms with Crippen LogP contribution in [0.25, 0.3) is 0 Å². The number of hydrogen-bond donors (Lipinski definition) is 0. The quantitative estimate of drug-likeness (QED) is 0.732. The number of nitrogens with zero attached hydrogens (tertiary/aromatic N) is 2. The Kier molecular flexibility index (Phi) is 5.08. The number of alkyl halides is 1. The highest BCUT2D eigenvalue weighted by molar-refractivity contribution is 9.09. The van der Waals surface area contributed by atoms with E-state index in [1.165, 1.54) is 5.69 Å². The molecule has 0 aliphatic carbocycles. The molecule has 17 heavy (non-hydrogen) atoms. The second-order valence-corrected chi connectivity index (χ2v) is 6.22. The maximum Gasteiger partial charge on any atom is 0.0847 e. The van der Waals surface area contributed by atoms with Crippen molar-refractivity contribution in [2.75, 3.05) is 5.33 Å². The summed E-state index contributed by atoms with van der Waals surface area (Å²) in [6.07, 6.45) is 0.962. The summed E-state index contributed by atoms with van der Waals surface area (Å²) in [5, 5.41) is 6.28. The van der Waals surface area contributed by atoms with Gasteiger partial charge in [0, 0.05) is 11.9 Å². The van der Waals surface area contributed by atoms with Crippen molar-refractivity contribution in [1.82, 2.24) is 9.78 Å². The molecule has 1 unspecified atom stereocenters. The second kappa shape index (κ2) is 5.75. The van der Waals surface area contributed by atoms with Gasteiger partial charge in [0.15, 0.2) is 0 Å². The summed E-state index contributed by atoms with van der Waals surface area (Å²) in [5.74, 6) is 0.596. The van der Waals surface area contributed by atoms with E-state index in [0.29, 0.717) is 5.92 Å². The molecule has 0 fully saturated rings. The van der Waals surface area contributed by atoms with Crippen molar-refractivity contribution in [2.45, 2.75) is 47.6 Å². The first-order chi connectivity index (χ1) is 7.85. The molecule has 4 heteroatoms. The molecule has 0 aromatic carbocycles. The Hall–Kier alpha value is -0.0200. The van der Waals surface area contributed by atoms with Crippen molar-refractivity contribution in [2.24, 2.45) is 11.3 Å². The highest BCUT2D eigenvalue weighted by Crippen LogP contribution is 2.36. The van der Waals surface area contributed by atoms with E-state index in [0.717, 1.165) is 29.0 Å². The van der Waals surface area contributed by atoms with Gasteiger partial charge in [-0.05, 0) is 31.6 Å². The SMILES string of the molecule is CCn1nc(C)c(Cl)c1CC(C)(CBr)C(C)C. The standard InChI is InChI=1S/C13H22BrClN2/c1-6-17-11(12(15)10(4)16-17)7-13(5,8-14)9(2)3/h9H,6-8H2,1-5H3. The van der Waals surface area contributed by atoms with Gasteiger partial charge in [0.05, 0.1) is 16.4 Å². The lowest BCUT2D eigenvalue weighted by molar-refractivity contribution is 0.251. The zero-order valence-corrected chi connectivity index (χ0v) is 13.7. The van der Waals surface area contributed by atoms with Crippen LogP contribution in [-0.4, -0.2) is 15.1 Å². The molecule has 1 heterocycles. The third-order valence-electron chi connectivity index (χ3n) is 3.72. The molecule has 1 aromatic rings. The third-order valence-corrected chi connectivity index (χ3v) is 5.50. The van der Waals surface area contributed by atoms with Gasteiger partial charge in [-0.2, -0.15) is 5.10 Å². The van der Waals surface area contributed by atoms with Crippen molar-refractivity contribution in [3.8, 4) is 0 Å². The number of rotatable bonds is 5. The van der Waals surface area contributed by atoms with E-state index in [9.17, 15) is 0 Å². The summed E-state index contributed by atoms with van der Waals surface area (Å²) < 4.78 is 2.03. The van der Waals surface area contributed by atoms with E-state index in [2.05, 4.69) is 48.7 Å². The highest BCUT2D eigenvalue weighted by atomic mass is 79.9. The molecule has 0 saturated heterocycles. The smallest absolute Gasteiger partial charge is 0.0847 e. The van der Waals surface area contributed by atoms with E-state index in [-0.39, 0.29) is 5.41 Å². The molecule has 0 amide bonds. The molecule has 98 valence electrons. The second-order valence-electron chi connectivity index (χ2n) is 5.28. The van der Waals surface area contributed by atoms with E-state index in [1.54, 1.807) is 0 Å². The van der Waals surface area contributed by atoms with E-state index in [1.807, 2.05) is 11.6 Å². The van der Waals surface area contributed by atoms with Gasteiger partial charge in [-0.25, -0.2) is 0 Å². The first-order valence-electron chi connectivity index (χ1n) is 6.13. The maximum absolute atomic E-state index is 6.36. The summed E-state index contributed by atoms with van der Waals surface area (Å²) in [7, 11) is 0. The maximum atomic E-state index is 6.36. The van der Waals surface area contributed by atoms with Crippen LogP contribution >= 0.6 is 27.5 Å². The molecule has 0 spiro atoms. The fraction of sp³-hybridized carbons (Fsp3) is 0.769. The molecule has 0 saturated carbocycles. The summed E-state index contributed by atoms with van der Waals surface area (Å²) >= 11 is 10.00. The molecule has 0 aliphatic rings. The summed E-state index contributed by atoms with van der Waals surface area (Å²) in [5.41, 5.74) is 2.31. The van der Waals surface area contributed by atoms with Crippen LogP contribution in [0.3, 0.4) is 0 Å². The minimum absolute atomic E-state index is 0.211. The van der Waals surface area contributed by atoms with Crippen LogP contribution in [0.1, 0.15) is 39.1 Å². The molecule has 0 N–H and O–H groups in total. The van der Waals surface area contributed by atoms with Crippen molar-refractivity contribution in [1.29, 1.82) is 0 Å². The molecule has 0 radical (unpaired) electrons. The minimum atomic E-state index is 0.211. The molecule has 1 atom stereocenters. The van der Waals surface area contributed by atoms with Gasteiger partial charge in [-0.1, -0.05) is 48.3 Å². The van der Waals surface area contributed by atoms with Crippen molar-refractivity contribution < 1.29 is 0 Å². The fourth-order valence-corrected chi connectivity index (χ4v) is 2.87. The number of aromatic nitrogens is 2. The van der Waals surface area contributed by atoms with Crippen molar-refractivity contribution in [3.05, 3.63) is 16.4 Å². The minimum Gasteiger partial charge on any atom is -0.268 e. The molecular formula is C13H22BrClN2. The number of aryl methyl sites for hydroxylation is 2. The number of hydrogen-bond acceptors (Lipinski definition) is 1. The summed E-state index contributed by atoms with van der Waals surface area (Å²) in [4.78, 5) is 0. The third kappa shape index (κ3) is 3.05. The Labute approximate surface area is 118 Å². The zero-order valence-electron chi connectivity index (χ0n) is 11.3. The van der Waals surface area contributed by atoms with Gasteiger partial charge in [-0.3, -0.25) is 4.68 Å². The van der Waals surface area contributed by atoms with Gasteiger partial charge in [0.25, 0.3) is 0 Å². The largest absolute Gasteiger partial charge is 0.268 e. The normalized spacial score (nSPS) is 15.3. The Morgan fingerprint density at radius 2 is 2.06 bits per heavy atom. The topological polar surface area (TPSA) is 17.8 Å². The molecule has 0 aliphatic heterocycles. The van der Waals surface area contributed by atoms with Crippen LogP contribution in [0.2, 0.25) is 5.02 Å². The molecule has 2 nitrogen and oxygen atoms in total. The van der Waals surface area contributed by atoms with Gasteiger partial charge >= 0.3 is 0 Å². The predicted molar refractivity (Wildman–Crippen MR) is 78.1 cm³/mol. The lowest BCUT2D eigenvalue weighted by Gasteiger charge is -2.32. The Morgan fingerprint density at radius 1 is 1.47 bits per heavy atom.